The van der Waals surface area contributed by atoms with Crippen LogP contribution < -0.4 is 4.72 Å². The molecular weight excluding hydrogens is 289 g/mol. The number of hydrogen-bond acceptors (Lipinski definition) is 5. The Morgan fingerprint density at radius 3 is 2.59 bits per heavy atom. The van der Waals surface area contributed by atoms with Crippen molar-refractivity contribution in [2.75, 3.05) is 4.72 Å². The van der Waals surface area contributed by atoms with Gasteiger partial charge in [0, 0.05) is 0 Å². The van der Waals surface area contributed by atoms with Crippen LogP contribution in [0.15, 0.2) is 23.1 Å². The molecule has 0 aliphatic heterocycles. The lowest BCUT2D eigenvalue weighted by molar-refractivity contribution is 0.601. The number of sulfonamides is 1. The molecule has 1 aromatic carbocycles. The fraction of sp³-hybridized carbons (Fsp3) is 0. The van der Waals surface area contributed by atoms with Crippen LogP contribution >= 0.6 is 23.2 Å². The average molecular weight is 294 g/mol. The van der Waals surface area contributed by atoms with E-state index in [0.29, 0.717) is 0 Å². The lowest BCUT2D eigenvalue weighted by Gasteiger charge is -2.04. The number of nitrogens with one attached hydrogen (secondary N) is 2. The van der Waals surface area contributed by atoms with Gasteiger partial charge in [0.2, 0.25) is 0 Å². The van der Waals surface area contributed by atoms with E-state index in [9.17, 15) is 8.42 Å². The lowest BCUT2D eigenvalue weighted by atomic mass is 10.4. The molecule has 0 saturated heterocycles. The highest BCUT2D eigenvalue weighted by atomic mass is 35.5. The normalized spacial score (nSPS) is 11.4. The van der Waals surface area contributed by atoms with E-state index in [1.165, 1.54) is 18.2 Å². The standard InChI is InChI=1S/C7H5Cl2N5O2S/c8-5-2-1-4(3-6(5)9)17(15,16)12-7-10-13-14-11-7/h1-3H,(H2,10,11,12,13,14). The summed E-state index contributed by atoms with van der Waals surface area (Å²) < 4.78 is 25.8. The van der Waals surface area contributed by atoms with Crippen LogP contribution in [-0.2, 0) is 10.0 Å². The molecule has 1 aromatic heterocycles. The van der Waals surface area contributed by atoms with Crippen molar-refractivity contribution >= 4 is 39.2 Å². The Morgan fingerprint density at radius 1 is 1.24 bits per heavy atom. The Labute approximate surface area is 106 Å². The second-order valence-electron chi connectivity index (χ2n) is 2.92. The van der Waals surface area contributed by atoms with Gasteiger partial charge in [0.15, 0.2) is 0 Å². The summed E-state index contributed by atoms with van der Waals surface area (Å²) in [6, 6.07) is 3.93. The van der Waals surface area contributed by atoms with Crippen molar-refractivity contribution < 1.29 is 8.42 Å². The van der Waals surface area contributed by atoms with Crippen molar-refractivity contribution in [3.63, 3.8) is 0 Å². The van der Waals surface area contributed by atoms with Crippen LogP contribution in [0.3, 0.4) is 0 Å². The maximum absolute atomic E-state index is 11.8. The minimum Gasteiger partial charge on any atom is -0.245 e. The molecule has 2 rings (SSSR count). The quantitative estimate of drug-likeness (QED) is 0.888. The largest absolute Gasteiger partial charge is 0.276 e. The number of H-pyrrole nitrogens is 1. The Balaban J connectivity index is 2.35. The first kappa shape index (κ1) is 12.1. The van der Waals surface area contributed by atoms with Crippen LogP contribution in [0, 0.1) is 0 Å². The van der Waals surface area contributed by atoms with E-state index in [4.69, 9.17) is 23.2 Å². The number of nitrogens with zero attached hydrogens (tertiary/aromatic N) is 3. The minimum absolute atomic E-state index is 0.0447. The highest BCUT2D eigenvalue weighted by Gasteiger charge is 2.17. The van der Waals surface area contributed by atoms with Crippen LogP contribution in [0.25, 0.3) is 0 Å². The van der Waals surface area contributed by atoms with Crippen molar-refractivity contribution in [1.29, 1.82) is 0 Å². The summed E-state index contributed by atoms with van der Waals surface area (Å²) in [6.07, 6.45) is 0. The second kappa shape index (κ2) is 4.47. The Hall–Kier alpha value is -1.38. The number of aromatic amines is 1. The molecule has 0 radical (unpaired) electrons. The molecule has 2 aromatic rings. The van der Waals surface area contributed by atoms with E-state index in [-0.39, 0.29) is 20.9 Å². The third-order valence-corrected chi connectivity index (χ3v) is 3.84. The first-order chi connectivity index (χ1) is 7.99. The average Bonchev–Trinajstić information content (AvgIpc) is 2.73. The molecule has 2 N–H and O–H groups in total. The van der Waals surface area contributed by atoms with Gasteiger partial charge in [-0.15, -0.1) is 5.10 Å². The number of halogens is 2. The van der Waals surface area contributed by atoms with Gasteiger partial charge in [-0.1, -0.05) is 28.3 Å². The fourth-order valence-corrected chi connectivity index (χ4v) is 2.36. The molecule has 0 bridgehead atoms. The Morgan fingerprint density at radius 2 is 2.00 bits per heavy atom. The van der Waals surface area contributed by atoms with E-state index in [0.717, 1.165) is 0 Å². The van der Waals surface area contributed by atoms with Gasteiger partial charge in [0.1, 0.15) is 0 Å². The summed E-state index contributed by atoms with van der Waals surface area (Å²) in [5, 5.41) is 12.7. The molecule has 0 aliphatic rings. The molecule has 90 valence electrons. The molecule has 0 spiro atoms. The van der Waals surface area contributed by atoms with Gasteiger partial charge in [-0.05, 0) is 23.4 Å². The first-order valence-electron chi connectivity index (χ1n) is 4.20. The molecule has 0 fully saturated rings. The van der Waals surface area contributed by atoms with Crippen LogP contribution in [0.2, 0.25) is 10.0 Å². The molecule has 0 aliphatic carbocycles. The summed E-state index contributed by atoms with van der Waals surface area (Å²) in [7, 11) is -3.80. The van der Waals surface area contributed by atoms with Crippen LogP contribution in [0.4, 0.5) is 5.95 Å². The minimum atomic E-state index is -3.80. The SMILES string of the molecule is O=S(=O)(Nc1nn[nH]n1)c1ccc(Cl)c(Cl)c1. The van der Waals surface area contributed by atoms with Gasteiger partial charge < -0.3 is 0 Å². The first-order valence-corrected chi connectivity index (χ1v) is 6.44. The number of rotatable bonds is 3. The van der Waals surface area contributed by atoms with Crippen molar-refractivity contribution in [2.45, 2.75) is 4.90 Å². The van der Waals surface area contributed by atoms with Gasteiger partial charge in [-0.25, -0.2) is 13.1 Å². The maximum Gasteiger partial charge on any atom is 0.276 e. The van der Waals surface area contributed by atoms with E-state index < -0.39 is 10.0 Å². The monoisotopic (exact) mass is 293 g/mol. The Bertz CT molecular complexity index is 628. The van der Waals surface area contributed by atoms with Gasteiger partial charge in [-0.2, -0.15) is 5.21 Å². The maximum atomic E-state index is 11.8. The van der Waals surface area contributed by atoms with E-state index >= 15 is 0 Å². The van der Waals surface area contributed by atoms with Gasteiger partial charge in [0.05, 0.1) is 14.9 Å². The zero-order valence-corrected chi connectivity index (χ0v) is 10.4. The second-order valence-corrected chi connectivity index (χ2v) is 5.41. The molecule has 10 heteroatoms. The number of hydrogen-bond donors (Lipinski definition) is 2. The molecule has 1 heterocycles. The predicted octanol–water partition coefficient (Wildman–Crippen LogP) is 1.31. The van der Waals surface area contributed by atoms with Crippen molar-refractivity contribution in [2.24, 2.45) is 0 Å². The van der Waals surface area contributed by atoms with Crippen LogP contribution in [0.5, 0.6) is 0 Å². The van der Waals surface area contributed by atoms with Crippen molar-refractivity contribution in [3.05, 3.63) is 28.2 Å². The van der Waals surface area contributed by atoms with Gasteiger partial charge >= 0.3 is 0 Å². The lowest BCUT2D eigenvalue weighted by Crippen LogP contribution is -2.14. The predicted molar refractivity (Wildman–Crippen MR) is 61.4 cm³/mol. The number of anilines is 1. The molecule has 0 saturated carbocycles. The topological polar surface area (TPSA) is 101 Å². The molecule has 17 heavy (non-hydrogen) atoms. The highest BCUT2D eigenvalue weighted by molar-refractivity contribution is 7.92. The van der Waals surface area contributed by atoms with Gasteiger partial charge in [-0.3, -0.25) is 0 Å². The van der Waals surface area contributed by atoms with Crippen LogP contribution in [-0.4, -0.2) is 29.0 Å². The third-order valence-electron chi connectivity index (χ3n) is 1.77. The summed E-state index contributed by atoms with van der Waals surface area (Å²) in [5.74, 6) is -0.156. The molecule has 0 unspecified atom stereocenters. The summed E-state index contributed by atoms with van der Waals surface area (Å²) >= 11 is 11.4. The zero-order chi connectivity index (χ0) is 12.5. The number of benzene rings is 1. The molecule has 0 atom stereocenters. The van der Waals surface area contributed by atoms with E-state index in [1.807, 2.05) is 0 Å². The Kier molecular flexibility index (Phi) is 3.18. The summed E-state index contributed by atoms with van der Waals surface area (Å²) in [6.45, 7) is 0. The summed E-state index contributed by atoms with van der Waals surface area (Å²) in [5.41, 5.74) is 0. The third kappa shape index (κ3) is 2.65. The molecule has 0 amide bonds. The van der Waals surface area contributed by atoms with Crippen LogP contribution in [0.1, 0.15) is 0 Å². The number of tetrazole rings is 1. The molecular formula is C7H5Cl2N5O2S. The smallest absolute Gasteiger partial charge is 0.245 e. The number of aromatic nitrogens is 4. The van der Waals surface area contributed by atoms with Gasteiger partial charge in [0.25, 0.3) is 16.0 Å². The fourth-order valence-electron chi connectivity index (χ4n) is 1.03. The van der Waals surface area contributed by atoms with Crippen molar-refractivity contribution in [1.82, 2.24) is 20.6 Å². The highest BCUT2D eigenvalue weighted by Crippen LogP contribution is 2.25. The van der Waals surface area contributed by atoms with Crippen molar-refractivity contribution in [3.8, 4) is 0 Å². The van der Waals surface area contributed by atoms with E-state index in [2.05, 4.69) is 25.3 Å². The van der Waals surface area contributed by atoms with E-state index in [1.54, 1.807) is 0 Å². The molecule has 7 nitrogen and oxygen atoms in total. The zero-order valence-electron chi connectivity index (χ0n) is 8.05. The summed E-state index contributed by atoms with van der Waals surface area (Å²) in [4.78, 5) is -0.0447.